The van der Waals surface area contributed by atoms with E-state index in [0.29, 0.717) is 11.3 Å². The van der Waals surface area contributed by atoms with Crippen LogP contribution >= 0.6 is 0 Å². The molecule has 0 aliphatic carbocycles. The molecule has 1 rings (SSSR count). The molecule has 1 aromatic carbocycles. The molecule has 0 fully saturated rings. The lowest BCUT2D eigenvalue weighted by Gasteiger charge is -2.13. The predicted octanol–water partition coefficient (Wildman–Crippen LogP) is 1.16. The highest BCUT2D eigenvalue weighted by atomic mass is 16.5. The quantitative estimate of drug-likeness (QED) is 0.473. The molecule has 0 aromatic heterocycles. The maximum Gasteiger partial charge on any atom is 0.408 e. The van der Waals surface area contributed by atoms with Crippen molar-refractivity contribution >= 4 is 24.0 Å². The first-order valence-electron chi connectivity index (χ1n) is 6.93. The molecular weight excluding hydrogens is 322 g/mol. The third-order valence-corrected chi connectivity index (χ3v) is 2.79. The van der Waals surface area contributed by atoms with Gasteiger partial charge in [0.05, 0.1) is 0 Å². The van der Waals surface area contributed by atoms with Crippen molar-refractivity contribution in [1.29, 1.82) is 0 Å². The molecule has 0 spiro atoms. The van der Waals surface area contributed by atoms with Gasteiger partial charge in [-0.15, -0.1) is 0 Å². The average molecular weight is 339 g/mol. The highest BCUT2D eigenvalue weighted by molar-refractivity contribution is 5.80. The molecule has 9 nitrogen and oxygen atoms in total. The maximum absolute atomic E-state index is 11.6. The zero-order chi connectivity index (χ0) is 18.1. The summed E-state index contributed by atoms with van der Waals surface area (Å²) in [6.07, 6.45) is -1.62. The molecule has 3 N–H and O–H groups in total. The minimum absolute atomic E-state index is 0.128. The number of aliphatic carboxylic acids is 2. The molecule has 0 bridgehead atoms. The van der Waals surface area contributed by atoms with E-state index in [-0.39, 0.29) is 13.0 Å². The summed E-state index contributed by atoms with van der Waals surface area (Å²) in [5, 5.41) is 19.5. The minimum atomic E-state index is -1.35. The van der Waals surface area contributed by atoms with Gasteiger partial charge >= 0.3 is 24.0 Å². The number of amides is 1. The Morgan fingerprint density at radius 3 is 2.25 bits per heavy atom. The lowest BCUT2D eigenvalue weighted by atomic mass is 10.1. The molecule has 0 saturated carbocycles. The van der Waals surface area contributed by atoms with Gasteiger partial charge in [-0.1, -0.05) is 12.1 Å². The molecule has 1 atom stereocenters. The molecule has 130 valence electrons. The van der Waals surface area contributed by atoms with Gasteiger partial charge in [0.1, 0.15) is 18.4 Å². The Labute approximate surface area is 137 Å². The van der Waals surface area contributed by atoms with Crippen LogP contribution in [0.5, 0.6) is 5.75 Å². The third-order valence-electron chi connectivity index (χ3n) is 2.79. The Hall–Kier alpha value is -3.10. The van der Waals surface area contributed by atoms with Crippen LogP contribution in [0.4, 0.5) is 4.79 Å². The van der Waals surface area contributed by atoms with Crippen LogP contribution in [0.1, 0.15) is 25.3 Å². The third kappa shape index (κ3) is 7.25. The number of rotatable bonds is 8. The first-order valence-corrected chi connectivity index (χ1v) is 6.93. The number of alkyl carbamates (subject to hydrolysis) is 1. The summed E-state index contributed by atoms with van der Waals surface area (Å²) in [6.45, 7) is 1.14. The van der Waals surface area contributed by atoms with Crippen molar-refractivity contribution < 1.29 is 38.9 Å². The predicted molar refractivity (Wildman–Crippen MR) is 79.4 cm³/mol. The van der Waals surface area contributed by atoms with E-state index in [2.05, 4.69) is 5.32 Å². The summed E-state index contributed by atoms with van der Waals surface area (Å²) in [7, 11) is 0. The van der Waals surface area contributed by atoms with Gasteiger partial charge in [-0.05, 0) is 24.1 Å². The number of carbonyl (C=O) groups excluding carboxylic acids is 2. The first-order chi connectivity index (χ1) is 11.3. The minimum Gasteiger partial charge on any atom is -0.481 e. The average Bonchev–Trinajstić information content (AvgIpc) is 2.49. The van der Waals surface area contributed by atoms with Crippen LogP contribution in [0.25, 0.3) is 0 Å². The number of carbonyl (C=O) groups is 4. The van der Waals surface area contributed by atoms with Crippen LogP contribution in [0.2, 0.25) is 0 Å². The number of hydrogen-bond donors (Lipinski definition) is 3. The summed E-state index contributed by atoms with van der Waals surface area (Å²) in [5.41, 5.74) is 0.596. The zero-order valence-corrected chi connectivity index (χ0v) is 12.9. The van der Waals surface area contributed by atoms with Gasteiger partial charge in [0, 0.05) is 13.3 Å². The number of nitrogens with one attached hydrogen (secondary N) is 1. The molecule has 0 radical (unpaired) electrons. The van der Waals surface area contributed by atoms with Crippen molar-refractivity contribution in [3.63, 3.8) is 0 Å². The second-order valence-corrected chi connectivity index (χ2v) is 4.78. The standard InChI is InChI=1S/C15H17NO8/c1-9(17)24-11-4-2-10(3-5-11)8-23-15(22)16-12(14(20)21)6-7-13(18)19/h2-5,12H,6-8H2,1H3,(H,16,22)(H,18,19)(H,20,21)/t12-/m0/s1. The highest BCUT2D eigenvalue weighted by Gasteiger charge is 2.21. The van der Waals surface area contributed by atoms with Gasteiger partial charge < -0.3 is 25.0 Å². The van der Waals surface area contributed by atoms with Gasteiger partial charge in [0.2, 0.25) is 0 Å². The van der Waals surface area contributed by atoms with Gasteiger partial charge in [-0.3, -0.25) is 9.59 Å². The number of ether oxygens (including phenoxy) is 2. The van der Waals surface area contributed by atoms with Crippen LogP contribution < -0.4 is 10.1 Å². The molecule has 9 heteroatoms. The largest absolute Gasteiger partial charge is 0.481 e. The van der Waals surface area contributed by atoms with Crippen LogP contribution in [-0.2, 0) is 25.7 Å². The fourth-order valence-corrected chi connectivity index (χ4v) is 1.68. The second kappa shape index (κ2) is 9.13. The number of esters is 1. The molecule has 0 saturated heterocycles. The summed E-state index contributed by atoms with van der Waals surface area (Å²) in [4.78, 5) is 43.7. The van der Waals surface area contributed by atoms with Crippen LogP contribution in [0, 0.1) is 0 Å². The Kier molecular flexibility index (Phi) is 7.21. The molecular formula is C15H17NO8. The van der Waals surface area contributed by atoms with E-state index >= 15 is 0 Å². The molecule has 1 aromatic rings. The normalized spacial score (nSPS) is 11.2. The molecule has 24 heavy (non-hydrogen) atoms. The smallest absolute Gasteiger partial charge is 0.408 e. The second-order valence-electron chi connectivity index (χ2n) is 4.78. The van der Waals surface area contributed by atoms with Crippen molar-refractivity contribution in [2.24, 2.45) is 0 Å². The maximum atomic E-state index is 11.6. The Bertz CT molecular complexity index is 610. The van der Waals surface area contributed by atoms with Gasteiger partial charge in [-0.2, -0.15) is 0 Å². The van der Waals surface area contributed by atoms with E-state index in [9.17, 15) is 19.2 Å². The molecule has 0 aliphatic rings. The lowest BCUT2D eigenvalue weighted by molar-refractivity contribution is -0.140. The van der Waals surface area contributed by atoms with Crippen molar-refractivity contribution in [1.82, 2.24) is 5.32 Å². The van der Waals surface area contributed by atoms with E-state index in [1.54, 1.807) is 12.1 Å². The molecule has 1 amide bonds. The van der Waals surface area contributed by atoms with Gasteiger partial charge in [0.15, 0.2) is 0 Å². The molecule has 0 aliphatic heterocycles. The number of benzene rings is 1. The van der Waals surface area contributed by atoms with Crippen LogP contribution in [0.15, 0.2) is 24.3 Å². The van der Waals surface area contributed by atoms with Gasteiger partial charge in [-0.25, -0.2) is 9.59 Å². The van der Waals surface area contributed by atoms with E-state index in [1.165, 1.54) is 19.1 Å². The lowest BCUT2D eigenvalue weighted by Crippen LogP contribution is -2.41. The molecule has 0 unspecified atom stereocenters. The number of carboxylic acids is 2. The fraction of sp³-hybridized carbons (Fsp3) is 0.333. The Morgan fingerprint density at radius 1 is 1.12 bits per heavy atom. The van der Waals surface area contributed by atoms with E-state index in [0.717, 1.165) is 0 Å². The van der Waals surface area contributed by atoms with Crippen molar-refractivity contribution in [2.75, 3.05) is 0 Å². The number of carboxylic acid groups (broad SMARTS) is 2. The summed E-state index contributed by atoms with van der Waals surface area (Å²) >= 11 is 0. The van der Waals surface area contributed by atoms with Crippen molar-refractivity contribution in [3.8, 4) is 5.75 Å². The van der Waals surface area contributed by atoms with Crippen LogP contribution in [-0.4, -0.2) is 40.3 Å². The summed E-state index contributed by atoms with van der Waals surface area (Å²) in [6, 6.07) is 4.84. The monoisotopic (exact) mass is 339 g/mol. The summed E-state index contributed by atoms with van der Waals surface area (Å²) in [5.74, 6) is -2.63. The zero-order valence-electron chi connectivity index (χ0n) is 12.9. The van der Waals surface area contributed by atoms with E-state index in [4.69, 9.17) is 19.7 Å². The van der Waals surface area contributed by atoms with Crippen molar-refractivity contribution in [2.45, 2.75) is 32.4 Å². The van der Waals surface area contributed by atoms with E-state index < -0.39 is 36.5 Å². The topological polar surface area (TPSA) is 139 Å². The van der Waals surface area contributed by atoms with Crippen LogP contribution in [0.3, 0.4) is 0 Å². The SMILES string of the molecule is CC(=O)Oc1ccc(COC(=O)N[C@@H](CCC(=O)O)C(=O)O)cc1. The summed E-state index contributed by atoms with van der Waals surface area (Å²) < 4.78 is 9.72. The van der Waals surface area contributed by atoms with Gasteiger partial charge in [0.25, 0.3) is 0 Å². The Morgan fingerprint density at radius 2 is 1.75 bits per heavy atom. The van der Waals surface area contributed by atoms with E-state index in [1.807, 2.05) is 0 Å². The molecule has 0 heterocycles. The highest BCUT2D eigenvalue weighted by Crippen LogP contribution is 2.13. The first kappa shape index (κ1) is 18.9. The Balaban J connectivity index is 2.47. The fourth-order valence-electron chi connectivity index (χ4n) is 1.68. The number of hydrogen-bond acceptors (Lipinski definition) is 6. The van der Waals surface area contributed by atoms with Crippen molar-refractivity contribution in [3.05, 3.63) is 29.8 Å².